The second kappa shape index (κ2) is 5.18. The van der Waals surface area contributed by atoms with Crippen LogP contribution in [0.15, 0.2) is 47.1 Å². The van der Waals surface area contributed by atoms with Gasteiger partial charge in [0.25, 0.3) is 0 Å². The summed E-state index contributed by atoms with van der Waals surface area (Å²) < 4.78 is 0.971. The van der Waals surface area contributed by atoms with Gasteiger partial charge in [0.2, 0.25) is 0 Å². The van der Waals surface area contributed by atoms with E-state index in [-0.39, 0.29) is 5.56 Å². The number of hydrogen-bond donors (Lipinski definition) is 1. The zero-order valence-corrected chi connectivity index (χ0v) is 11.3. The van der Waals surface area contributed by atoms with Crippen LogP contribution in [-0.4, -0.2) is 23.1 Å². The van der Waals surface area contributed by atoms with E-state index in [1.165, 1.54) is 0 Å². The minimum atomic E-state index is -0.984. The van der Waals surface area contributed by atoms with Crippen LogP contribution >= 0.6 is 15.9 Å². The molecule has 0 bridgehead atoms. The fourth-order valence-electron chi connectivity index (χ4n) is 1.62. The molecule has 1 aromatic heterocycles. The molecule has 1 N–H and O–H groups in total. The van der Waals surface area contributed by atoms with Crippen molar-refractivity contribution in [3.8, 4) is 0 Å². The molecular formula is C13H11BrN2O2. The Bertz CT molecular complexity index is 569. The van der Waals surface area contributed by atoms with Gasteiger partial charge in [-0.2, -0.15) is 0 Å². The SMILES string of the molecule is CN(c1ccc(Br)cc1)c1ncccc1C(=O)O. The monoisotopic (exact) mass is 306 g/mol. The Morgan fingerprint density at radius 1 is 1.28 bits per heavy atom. The van der Waals surface area contributed by atoms with E-state index in [0.29, 0.717) is 5.82 Å². The predicted molar refractivity (Wildman–Crippen MR) is 73.4 cm³/mol. The van der Waals surface area contributed by atoms with Gasteiger partial charge in [0.1, 0.15) is 11.4 Å². The van der Waals surface area contributed by atoms with Gasteiger partial charge in [-0.25, -0.2) is 9.78 Å². The highest BCUT2D eigenvalue weighted by Crippen LogP contribution is 2.25. The number of carboxylic acid groups (broad SMARTS) is 1. The number of rotatable bonds is 3. The maximum atomic E-state index is 11.1. The van der Waals surface area contributed by atoms with Gasteiger partial charge < -0.3 is 10.0 Å². The van der Waals surface area contributed by atoms with Crippen LogP contribution in [0.2, 0.25) is 0 Å². The van der Waals surface area contributed by atoms with E-state index in [1.54, 1.807) is 30.3 Å². The molecule has 0 spiro atoms. The normalized spacial score (nSPS) is 10.1. The van der Waals surface area contributed by atoms with E-state index in [4.69, 9.17) is 5.11 Å². The number of benzene rings is 1. The van der Waals surface area contributed by atoms with E-state index >= 15 is 0 Å². The van der Waals surface area contributed by atoms with Crippen LogP contribution in [0.4, 0.5) is 11.5 Å². The molecule has 0 saturated heterocycles. The van der Waals surface area contributed by atoms with Gasteiger partial charge in [-0.1, -0.05) is 15.9 Å². The number of halogens is 1. The fraction of sp³-hybridized carbons (Fsp3) is 0.0769. The van der Waals surface area contributed by atoms with Crippen LogP contribution in [0, 0.1) is 0 Å². The van der Waals surface area contributed by atoms with E-state index < -0.39 is 5.97 Å². The first-order chi connectivity index (χ1) is 8.59. The van der Waals surface area contributed by atoms with E-state index in [2.05, 4.69) is 20.9 Å². The lowest BCUT2D eigenvalue weighted by molar-refractivity contribution is 0.0697. The van der Waals surface area contributed by atoms with Gasteiger partial charge in [0.05, 0.1) is 0 Å². The molecule has 0 fully saturated rings. The van der Waals surface area contributed by atoms with Crippen molar-refractivity contribution in [1.29, 1.82) is 0 Å². The van der Waals surface area contributed by atoms with Crippen LogP contribution in [0.25, 0.3) is 0 Å². The van der Waals surface area contributed by atoms with Crippen molar-refractivity contribution in [3.63, 3.8) is 0 Å². The molecule has 4 nitrogen and oxygen atoms in total. The maximum absolute atomic E-state index is 11.1. The van der Waals surface area contributed by atoms with Gasteiger partial charge >= 0.3 is 5.97 Å². The Labute approximate surface area is 113 Å². The first-order valence-corrected chi connectivity index (χ1v) is 6.06. The van der Waals surface area contributed by atoms with Crippen LogP contribution in [0.5, 0.6) is 0 Å². The van der Waals surface area contributed by atoms with E-state index in [1.807, 2.05) is 24.3 Å². The molecule has 0 saturated carbocycles. The van der Waals surface area contributed by atoms with E-state index in [0.717, 1.165) is 10.2 Å². The number of anilines is 2. The Hall–Kier alpha value is -1.88. The number of aromatic carboxylic acids is 1. The lowest BCUT2D eigenvalue weighted by Crippen LogP contribution is -2.15. The van der Waals surface area contributed by atoms with Crippen molar-refractivity contribution < 1.29 is 9.90 Å². The minimum absolute atomic E-state index is 0.183. The summed E-state index contributed by atoms with van der Waals surface area (Å²) in [6.45, 7) is 0. The smallest absolute Gasteiger partial charge is 0.339 e. The molecule has 0 aliphatic rings. The third-order valence-electron chi connectivity index (χ3n) is 2.55. The Morgan fingerprint density at radius 2 is 1.94 bits per heavy atom. The van der Waals surface area contributed by atoms with Crippen molar-refractivity contribution in [2.75, 3.05) is 11.9 Å². The first kappa shape index (κ1) is 12.6. The summed E-state index contributed by atoms with van der Waals surface area (Å²) in [6, 6.07) is 10.7. The molecule has 0 unspecified atom stereocenters. The standard InChI is InChI=1S/C13H11BrN2O2/c1-16(10-6-4-9(14)5-7-10)12-11(13(17)18)3-2-8-15-12/h2-8H,1H3,(H,17,18). The first-order valence-electron chi connectivity index (χ1n) is 5.27. The molecule has 0 atom stereocenters. The van der Waals surface area contributed by atoms with Crippen LogP contribution in [-0.2, 0) is 0 Å². The number of hydrogen-bond acceptors (Lipinski definition) is 3. The van der Waals surface area contributed by atoms with Crippen molar-refractivity contribution >= 4 is 33.4 Å². The molecule has 0 amide bonds. The van der Waals surface area contributed by atoms with Crippen molar-refractivity contribution in [2.45, 2.75) is 0 Å². The second-order valence-electron chi connectivity index (χ2n) is 3.72. The third-order valence-corrected chi connectivity index (χ3v) is 3.08. The van der Waals surface area contributed by atoms with Gasteiger partial charge in [-0.3, -0.25) is 0 Å². The molecule has 2 aromatic rings. The third kappa shape index (κ3) is 2.51. The summed E-state index contributed by atoms with van der Waals surface area (Å²) >= 11 is 3.36. The quantitative estimate of drug-likeness (QED) is 0.945. The van der Waals surface area contributed by atoms with Crippen LogP contribution in [0.3, 0.4) is 0 Å². The summed E-state index contributed by atoms with van der Waals surface area (Å²) in [7, 11) is 1.79. The Morgan fingerprint density at radius 3 is 2.56 bits per heavy atom. The topological polar surface area (TPSA) is 53.4 Å². The second-order valence-corrected chi connectivity index (χ2v) is 4.63. The highest BCUT2D eigenvalue weighted by Gasteiger charge is 2.15. The van der Waals surface area contributed by atoms with Crippen molar-refractivity contribution in [2.24, 2.45) is 0 Å². The zero-order chi connectivity index (χ0) is 13.1. The Balaban J connectivity index is 2.42. The van der Waals surface area contributed by atoms with Crippen LogP contribution in [0.1, 0.15) is 10.4 Å². The average molecular weight is 307 g/mol. The lowest BCUT2D eigenvalue weighted by atomic mass is 10.2. The number of aromatic nitrogens is 1. The molecule has 0 radical (unpaired) electrons. The average Bonchev–Trinajstić information content (AvgIpc) is 2.39. The van der Waals surface area contributed by atoms with Gasteiger partial charge in [0, 0.05) is 23.4 Å². The van der Waals surface area contributed by atoms with Gasteiger partial charge in [0.15, 0.2) is 0 Å². The lowest BCUT2D eigenvalue weighted by Gasteiger charge is -2.19. The molecule has 5 heteroatoms. The highest BCUT2D eigenvalue weighted by molar-refractivity contribution is 9.10. The largest absolute Gasteiger partial charge is 0.478 e. The zero-order valence-electron chi connectivity index (χ0n) is 9.67. The number of carbonyl (C=O) groups is 1. The summed E-state index contributed by atoms with van der Waals surface area (Å²) in [4.78, 5) is 17.0. The van der Waals surface area contributed by atoms with E-state index in [9.17, 15) is 4.79 Å². The number of nitrogens with zero attached hydrogens (tertiary/aromatic N) is 2. The van der Waals surface area contributed by atoms with Crippen molar-refractivity contribution in [3.05, 3.63) is 52.6 Å². The van der Waals surface area contributed by atoms with Gasteiger partial charge in [-0.05, 0) is 36.4 Å². The molecule has 0 aliphatic carbocycles. The van der Waals surface area contributed by atoms with Gasteiger partial charge in [-0.15, -0.1) is 0 Å². The summed E-state index contributed by atoms with van der Waals surface area (Å²) in [6.07, 6.45) is 1.58. The maximum Gasteiger partial charge on any atom is 0.339 e. The predicted octanol–water partition coefficient (Wildman–Crippen LogP) is 3.31. The molecule has 2 rings (SSSR count). The molecule has 1 aromatic carbocycles. The Kier molecular flexibility index (Phi) is 3.62. The minimum Gasteiger partial charge on any atom is -0.478 e. The number of pyridine rings is 1. The molecular weight excluding hydrogens is 296 g/mol. The fourth-order valence-corrected chi connectivity index (χ4v) is 1.88. The van der Waals surface area contributed by atoms with Crippen LogP contribution < -0.4 is 4.90 Å². The van der Waals surface area contributed by atoms with Crippen molar-refractivity contribution in [1.82, 2.24) is 4.98 Å². The summed E-state index contributed by atoms with van der Waals surface area (Å²) in [5, 5.41) is 9.13. The molecule has 0 aliphatic heterocycles. The summed E-state index contributed by atoms with van der Waals surface area (Å²) in [5.74, 6) is -0.561. The summed E-state index contributed by atoms with van der Waals surface area (Å²) in [5.41, 5.74) is 1.06. The number of carboxylic acids is 1. The molecule has 18 heavy (non-hydrogen) atoms. The highest BCUT2D eigenvalue weighted by atomic mass is 79.9. The molecule has 92 valence electrons. The molecule has 1 heterocycles.